The summed E-state index contributed by atoms with van der Waals surface area (Å²) < 4.78 is 0. The first kappa shape index (κ1) is 13.0. The van der Waals surface area contributed by atoms with Crippen LogP contribution in [0.3, 0.4) is 0 Å². The minimum atomic E-state index is 0.0978. The lowest BCUT2D eigenvalue weighted by Crippen LogP contribution is -2.44. The quantitative estimate of drug-likeness (QED) is 0.885. The molecule has 1 aromatic heterocycles. The number of carbonyl (C=O) groups excluding carboxylic acids is 1. The van der Waals surface area contributed by atoms with Gasteiger partial charge < -0.3 is 10.6 Å². The Balaban J connectivity index is 2.12. The lowest BCUT2D eigenvalue weighted by molar-refractivity contribution is 0.0604. The summed E-state index contributed by atoms with van der Waals surface area (Å²) in [5.74, 6) is 0.0978. The number of amides is 1. The van der Waals surface area contributed by atoms with Crippen LogP contribution < -0.4 is 5.73 Å². The summed E-state index contributed by atoms with van der Waals surface area (Å²) in [6.45, 7) is 3.41. The highest BCUT2D eigenvalue weighted by Crippen LogP contribution is 2.21. The second-order valence-corrected chi connectivity index (χ2v) is 4.91. The van der Waals surface area contributed by atoms with Crippen molar-refractivity contribution in [2.24, 2.45) is 5.73 Å². The highest BCUT2D eigenvalue weighted by atomic mass is 16.2. The van der Waals surface area contributed by atoms with Gasteiger partial charge in [-0.25, -0.2) is 0 Å². The Bertz CT molecular complexity index is 400. The fourth-order valence-corrected chi connectivity index (χ4v) is 2.52. The summed E-state index contributed by atoms with van der Waals surface area (Å²) in [5.41, 5.74) is 7.25. The predicted molar refractivity (Wildman–Crippen MR) is 71.3 cm³/mol. The second kappa shape index (κ2) is 5.96. The lowest BCUT2D eigenvalue weighted by Gasteiger charge is -2.35. The number of hydrogen-bond donors (Lipinski definition) is 1. The molecule has 1 unspecified atom stereocenters. The molecule has 0 saturated carbocycles. The van der Waals surface area contributed by atoms with E-state index in [1.807, 2.05) is 24.0 Å². The SMILES string of the molecule is Cc1ccc(C(=O)N2CCCCC2CCN)cn1. The normalized spacial score (nSPS) is 19.9. The molecule has 1 atom stereocenters. The number of aromatic nitrogens is 1. The number of nitrogens with two attached hydrogens (primary N) is 1. The van der Waals surface area contributed by atoms with Crippen LogP contribution in [0, 0.1) is 6.92 Å². The molecule has 1 saturated heterocycles. The Morgan fingerprint density at radius 1 is 1.50 bits per heavy atom. The van der Waals surface area contributed by atoms with Gasteiger partial charge in [-0.1, -0.05) is 0 Å². The molecule has 2 N–H and O–H groups in total. The van der Waals surface area contributed by atoms with Crippen LogP contribution in [-0.4, -0.2) is 34.9 Å². The van der Waals surface area contributed by atoms with E-state index in [1.54, 1.807) is 6.20 Å². The molecule has 1 amide bonds. The van der Waals surface area contributed by atoms with E-state index in [0.717, 1.165) is 31.5 Å². The number of hydrogen-bond acceptors (Lipinski definition) is 3. The number of likely N-dealkylation sites (tertiary alicyclic amines) is 1. The van der Waals surface area contributed by atoms with Gasteiger partial charge in [-0.2, -0.15) is 0 Å². The number of aryl methyl sites for hydroxylation is 1. The molecule has 2 rings (SSSR count). The van der Waals surface area contributed by atoms with E-state index in [0.29, 0.717) is 18.2 Å². The zero-order valence-corrected chi connectivity index (χ0v) is 10.9. The molecule has 1 aliphatic rings. The Morgan fingerprint density at radius 3 is 3.00 bits per heavy atom. The summed E-state index contributed by atoms with van der Waals surface area (Å²) in [6.07, 6.45) is 5.92. The van der Waals surface area contributed by atoms with Crippen molar-refractivity contribution in [3.05, 3.63) is 29.6 Å². The highest BCUT2D eigenvalue weighted by Gasteiger charge is 2.26. The molecule has 4 heteroatoms. The van der Waals surface area contributed by atoms with Gasteiger partial charge in [0.2, 0.25) is 0 Å². The third-order valence-electron chi connectivity index (χ3n) is 3.55. The van der Waals surface area contributed by atoms with Crippen molar-refractivity contribution < 1.29 is 4.79 Å². The molecule has 0 aromatic carbocycles. The molecule has 2 heterocycles. The predicted octanol–water partition coefficient (Wildman–Crippen LogP) is 1.73. The van der Waals surface area contributed by atoms with Crippen LogP contribution in [0.4, 0.5) is 0 Å². The Hall–Kier alpha value is -1.42. The van der Waals surface area contributed by atoms with Gasteiger partial charge in [0.1, 0.15) is 0 Å². The summed E-state index contributed by atoms with van der Waals surface area (Å²) in [6, 6.07) is 4.05. The van der Waals surface area contributed by atoms with Crippen molar-refractivity contribution in [1.82, 2.24) is 9.88 Å². The van der Waals surface area contributed by atoms with Gasteiger partial charge in [0, 0.05) is 24.5 Å². The van der Waals surface area contributed by atoms with Gasteiger partial charge in [0.25, 0.3) is 5.91 Å². The first-order chi connectivity index (χ1) is 8.72. The third-order valence-corrected chi connectivity index (χ3v) is 3.55. The molecule has 18 heavy (non-hydrogen) atoms. The Labute approximate surface area is 108 Å². The zero-order chi connectivity index (χ0) is 13.0. The van der Waals surface area contributed by atoms with Gasteiger partial charge in [0.05, 0.1) is 5.56 Å². The molecule has 0 bridgehead atoms. The molecule has 0 aliphatic carbocycles. The zero-order valence-electron chi connectivity index (χ0n) is 10.9. The molecular formula is C14H21N3O. The van der Waals surface area contributed by atoms with E-state index >= 15 is 0 Å². The van der Waals surface area contributed by atoms with Crippen LogP contribution in [-0.2, 0) is 0 Å². The van der Waals surface area contributed by atoms with Crippen LogP contribution in [0.25, 0.3) is 0 Å². The largest absolute Gasteiger partial charge is 0.336 e. The van der Waals surface area contributed by atoms with Gasteiger partial charge in [-0.05, 0) is 51.3 Å². The minimum Gasteiger partial charge on any atom is -0.336 e. The molecule has 1 aliphatic heterocycles. The smallest absolute Gasteiger partial charge is 0.255 e. The molecule has 0 spiro atoms. The van der Waals surface area contributed by atoms with Crippen LogP contribution in [0.5, 0.6) is 0 Å². The lowest BCUT2D eigenvalue weighted by atomic mass is 9.98. The van der Waals surface area contributed by atoms with Crippen molar-refractivity contribution in [1.29, 1.82) is 0 Å². The van der Waals surface area contributed by atoms with E-state index in [2.05, 4.69) is 4.98 Å². The van der Waals surface area contributed by atoms with E-state index in [-0.39, 0.29) is 5.91 Å². The van der Waals surface area contributed by atoms with Crippen LogP contribution >= 0.6 is 0 Å². The van der Waals surface area contributed by atoms with Crippen LogP contribution in [0.1, 0.15) is 41.7 Å². The van der Waals surface area contributed by atoms with E-state index in [9.17, 15) is 4.79 Å². The molecule has 98 valence electrons. The number of nitrogens with zero attached hydrogens (tertiary/aromatic N) is 2. The maximum absolute atomic E-state index is 12.4. The maximum atomic E-state index is 12.4. The van der Waals surface area contributed by atoms with E-state index < -0.39 is 0 Å². The van der Waals surface area contributed by atoms with Gasteiger partial charge in [-0.15, -0.1) is 0 Å². The molecular weight excluding hydrogens is 226 g/mol. The molecule has 1 aromatic rings. The number of carbonyl (C=O) groups is 1. The van der Waals surface area contributed by atoms with Crippen molar-refractivity contribution in [3.63, 3.8) is 0 Å². The second-order valence-electron chi connectivity index (χ2n) is 4.91. The first-order valence-corrected chi connectivity index (χ1v) is 6.66. The summed E-state index contributed by atoms with van der Waals surface area (Å²) in [7, 11) is 0. The molecule has 4 nitrogen and oxygen atoms in total. The maximum Gasteiger partial charge on any atom is 0.255 e. The number of pyridine rings is 1. The standard InChI is InChI=1S/C14H21N3O/c1-11-5-6-12(10-16-11)14(18)17-9-3-2-4-13(17)7-8-15/h5-6,10,13H,2-4,7-9,15H2,1H3. The fourth-order valence-electron chi connectivity index (χ4n) is 2.52. The Morgan fingerprint density at radius 2 is 2.33 bits per heavy atom. The van der Waals surface area contributed by atoms with Crippen LogP contribution in [0.2, 0.25) is 0 Å². The highest BCUT2D eigenvalue weighted by molar-refractivity contribution is 5.94. The van der Waals surface area contributed by atoms with E-state index in [4.69, 9.17) is 5.73 Å². The monoisotopic (exact) mass is 247 g/mol. The van der Waals surface area contributed by atoms with Crippen molar-refractivity contribution in [3.8, 4) is 0 Å². The third kappa shape index (κ3) is 2.88. The first-order valence-electron chi connectivity index (χ1n) is 6.66. The van der Waals surface area contributed by atoms with Crippen molar-refractivity contribution in [2.75, 3.05) is 13.1 Å². The minimum absolute atomic E-state index is 0.0978. The topological polar surface area (TPSA) is 59.2 Å². The summed E-state index contributed by atoms with van der Waals surface area (Å²) in [4.78, 5) is 18.6. The van der Waals surface area contributed by atoms with Gasteiger partial charge in [-0.3, -0.25) is 9.78 Å². The van der Waals surface area contributed by atoms with Crippen LogP contribution in [0.15, 0.2) is 18.3 Å². The van der Waals surface area contributed by atoms with Gasteiger partial charge in [0.15, 0.2) is 0 Å². The van der Waals surface area contributed by atoms with Crippen molar-refractivity contribution in [2.45, 2.75) is 38.6 Å². The number of piperidine rings is 1. The molecule has 0 radical (unpaired) electrons. The van der Waals surface area contributed by atoms with E-state index in [1.165, 1.54) is 6.42 Å². The molecule has 1 fully saturated rings. The van der Waals surface area contributed by atoms with Crippen molar-refractivity contribution >= 4 is 5.91 Å². The van der Waals surface area contributed by atoms with Gasteiger partial charge >= 0.3 is 0 Å². The number of rotatable bonds is 3. The summed E-state index contributed by atoms with van der Waals surface area (Å²) >= 11 is 0. The average Bonchev–Trinajstić information content (AvgIpc) is 2.40. The fraction of sp³-hybridized carbons (Fsp3) is 0.571. The Kier molecular flexibility index (Phi) is 4.31. The summed E-state index contributed by atoms with van der Waals surface area (Å²) in [5, 5.41) is 0. The average molecular weight is 247 g/mol.